The maximum absolute atomic E-state index is 14.2. The lowest BCUT2D eigenvalue weighted by molar-refractivity contribution is -0.137. The van der Waals surface area contributed by atoms with Crippen molar-refractivity contribution in [3.05, 3.63) is 89.0 Å². The number of halogens is 5. The minimum absolute atomic E-state index is 0.0231. The molecule has 4 rings (SSSR count). The monoisotopic (exact) mass is 494 g/mol. The Morgan fingerprint density at radius 1 is 1.06 bits per heavy atom. The summed E-state index contributed by atoms with van der Waals surface area (Å²) >= 11 is 1.02. The first-order chi connectivity index (χ1) is 16.0. The molecule has 0 saturated carbocycles. The summed E-state index contributed by atoms with van der Waals surface area (Å²) in [4.78, 5) is 25.3. The van der Waals surface area contributed by atoms with Gasteiger partial charge in [-0.2, -0.15) is 13.2 Å². The number of rotatable bonds is 4. The minimum Gasteiger partial charge on any atom is -0.507 e. The molecule has 11 heteroatoms. The van der Waals surface area contributed by atoms with E-state index in [1.807, 2.05) is 0 Å². The van der Waals surface area contributed by atoms with Gasteiger partial charge >= 0.3 is 6.18 Å². The zero-order valence-corrected chi connectivity index (χ0v) is 17.9. The highest BCUT2D eigenvalue weighted by Crippen LogP contribution is 2.40. The molecular formula is C23H15F5N2O3S. The van der Waals surface area contributed by atoms with Crippen LogP contribution in [0.3, 0.4) is 0 Å². The SMILES string of the molecule is O=C(NN1C(=O)CSC1c1cccc(C(F)(F)F)c1)c1cc(-c2ccc(F)cc2F)ccc1O. The normalized spacial score (nSPS) is 16.1. The van der Waals surface area contributed by atoms with E-state index in [9.17, 15) is 36.6 Å². The second-order valence-corrected chi connectivity index (χ2v) is 8.42. The van der Waals surface area contributed by atoms with Crippen molar-refractivity contribution in [2.45, 2.75) is 11.6 Å². The predicted molar refractivity (Wildman–Crippen MR) is 114 cm³/mol. The number of carbonyl (C=O) groups is 2. The third kappa shape index (κ3) is 4.69. The number of nitrogens with zero attached hydrogens (tertiary/aromatic N) is 1. The van der Waals surface area contributed by atoms with Gasteiger partial charge in [-0.3, -0.25) is 15.0 Å². The van der Waals surface area contributed by atoms with Gasteiger partial charge in [0.25, 0.3) is 11.8 Å². The molecule has 34 heavy (non-hydrogen) atoms. The summed E-state index contributed by atoms with van der Waals surface area (Å²) in [6, 6.07) is 10.9. The van der Waals surface area contributed by atoms with Gasteiger partial charge in [0.15, 0.2) is 0 Å². The fraction of sp³-hybridized carbons (Fsp3) is 0.130. The largest absolute Gasteiger partial charge is 0.507 e. The molecule has 0 spiro atoms. The van der Waals surface area contributed by atoms with Crippen LogP contribution in [0.15, 0.2) is 60.7 Å². The smallest absolute Gasteiger partial charge is 0.416 e. The van der Waals surface area contributed by atoms with E-state index in [1.165, 1.54) is 24.3 Å². The lowest BCUT2D eigenvalue weighted by atomic mass is 10.0. The molecule has 176 valence electrons. The Hall–Kier alpha value is -3.60. The molecular weight excluding hydrogens is 479 g/mol. The van der Waals surface area contributed by atoms with Crippen molar-refractivity contribution in [1.29, 1.82) is 0 Å². The van der Waals surface area contributed by atoms with Gasteiger partial charge in [0.05, 0.1) is 16.9 Å². The molecule has 1 atom stereocenters. The average Bonchev–Trinajstić information content (AvgIpc) is 3.14. The molecule has 1 aliphatic heterocycles. The first-order valence-electron chi connectivity index (χ1n) is 9.75. The molecule has 1 saturated heterocycles. The number of phenolic OH excluding ortho intramolecular Hbond substituents is 1. The van der Waals surface area contributed by atoms with E-state index < -0.39 is 46.3 Å². The van der Waals surface area contributed by atoms with Crippen LogP contribution in [0.25, 0.3) is 11.1 Å². The number of nitrogens with one attached hydrogen (secondary N) is 1. The number of aromatic hydroxyl groups is 1. The maximum Gasteiger partial charge on any atom is 0.416 e. The first-order valence-corrected chi connectivity index (χ1v) is 10.8. The standard InChI is InChI=1S/C23H15F5N2O3S/c24-15-5-6-16(18(25)10-15)12-4-7-19(31)17(9-12)21(33)29-30-20(32)11-34-22(30)13-2-1-3-14(8-13)23(26,27)28/h1-10,22,31H,11H2,(H,29,33). The van der Waals surface area contributed by atoms with Crippen molar-refractivity contribution in [3.63, 3.8) is 0 Å². The highest BCUT2D eigenvalue weighted by Gasteiger charge is 2.37. The lowest BCUT2D eigenvalue weighted by Crippen LogP contribution is -2.44. The molecule has 0 aliphatic carbocycles. The quantitative estimate of drug-likeness (QED) is 0.485. The highest BCUT2D eigenvalue weighted by atomic mass is 32.2. The van der Waals surface area contributed by atoms with E-state index in [1.54, 1.807) is 0 Å². The number of alkyl halides is 3. The summed E-state index contributed by atoms with van der Waals surface area (Å²) in [6.45, 7) is 0. The highest BCUT2D eigenvalue weighted by molar-refractivity contribution is 8.00. The number of carbonyl (C=O) groups excluding carboxylic acids is 2. The molecule has 0 aromatic heterocycles. The van der Waals surface area contributed by atoms with Crippen molar-refractivity contribution in [1.82, 2.24) is 10.4 Å². The summed E-state index contributed by atoms with van der Waals surface area (Å²) in [7, 11) is 0. The topological polar surface area (TPSA) is 69.6 Å². The van der Waals surface area contributed by atoms with Crippen molar-refractivity contribution >= 4 is 23.6 Å². The van der Waals surface area contributed by atoms with Crippen molar-refractivity contribution in [3.8, 4) is 16.9 Å². The van der Waals surface area contributed by atoms with Crippen LogP contribution in [-0.4, -0.2) is 27.7 Å². The molecule has 1 fully saturated rings. The van der Waals surface area contributed by atoms with Gasteiger partial charge in [0.2, 0.25) is 0 Å². The van der Waals surface area contributed by atoms with Gasteiger partial charge in [0.1, 0.15) is 22.8 Å². The summed E-state index contributed by atoms with van der Waals surface area (Å²) in [6.07, 6.45) is -4.58. The first kappa shape index (κ1) is 23.6. The molecule has 2 N–H and O–H groups in total. The number of hydrogen-bond donors (Lipinski definition) is 2. The van der Waals surface area contributed by atoms with Gasteiger partial charge in [-0.05, 0) is 47.5 Å². The molecule has 5 nitrogen and oxygen atoms in total. The van der Waals surface area contributed by atoms with Crippen molar-refractivity contribution < 1.29 is 36.6 Å². The average molecular weight is 494 g/mol. The van der Waals surface area contributed by atoms with E-state index in [0.29, 0.717) is 6.07 Å². The Morgan fingerprint density at radius 3 is 2.53 bits per heavy atom. The summed E-state index contributed by atoms with van der Waals surface area (Å²) in [5.74, 6) is -3.72. The summed E-state index contributed by atoms with van der Waals surface area (Å²) in [5, 5.41) is 10.1. The summed E-state index contributed by atoms with van der Waals surface area (Å²) < 4.78 is 66.7. The maximum atomic E-state index is 14.2. The van der Waals surface area contributed by atoms with Crippen LogP contribution in [0.2, 0.25) is 0 Å². The molecule has 0 bridgehead atoms. The third-order valence-corrected chi connectivity index (χ3v) is 6.28. The molecule has 1 heterocycles. The lowest BCUT2D eigenvalue weighted by Gasteiger charge is -2.25. The van der Waals surface area contributed by atoms with Gasteiger partial charge in [-0.25, -0.2) is 13.8 Å². The van der Waals surface area contributed by atoms with Crippen LogP contribution in [-0.2, 0) is 11.0 Å². The van der Waals surface area contributed by atoms with E-state index in [2.05, 4.69) is 5.43 Å². The van der Waals surface area contributed by atoms with Crippen LogP contribution in [0.1, 0.15) is 26.9 Å². The van der Waals surface area contributed by atoms with Crippen molar-refractivity contribution in [2.24, 2.45) is 0 Å². The number of amides is 2. The van der Waals surface area contributed by atoms with Crippen LogP contribution in [0, 0.1) is 11.6 Å². The number of phenols is 1. The Kier molecular flexibility index (Phi) is 6.22. The fourth-order valence-corrected chi connectivity index (χ4v) is 4.54. The zero-order chi connectivity index (χ0) is 24.6. The van der Waals surface area contributed by atoms with Crippen LogP contribution in [0.5, 0.6) is 5.75 Å². The third-order valence-electron chi connectivity index (χ3n) is 5.07. The zero-order valence-electron chi connectivity index (χ0n) is 17.1. The van der Waals surface area contributed by atoms with Crippen LogP contribution in [0.4, 0.5) is 22.0 Å². The second kappa shape index (κ2) is 8.98. The Bertz CT molecular complexity index is 1280. The fourth-order valence-electron chi connectivity index (χ4n) is 3.44. The Labute approximate surface area is 194 Å². The van der Waals surface area contributed by atoms with E-state index in [4.69, 9.17) is 0 Å². The number of thioether (sulfide) groups is 1. The molecule has 2 amide bonds. The molecule has 0 radical (unpaired) electrons. The van der Waals surface area contributed by atoms with Crippen LogP contribution >= 0.6 is 11.8 Å². The predicted octanol–water partition coefficient (Wildman–Crippen LogP) is 5.28. The minimum atomic E-state index is -4.58. The van der Waals surface area contributed by atoms with Gasteiger partial charge < -0.3 is 5.11 Å². The molecule has 1 unspecified atom stereocenters. The second-order valence-electron chi connectivity index (χ2n) is 7.35. The van der Waals surface area contributed by atoms with Crippen molar-refractivity contribution in [2.75, 3.05) is 5.75 Å². The Balaban J connectivity index is 1.62. The number of hydrogen-bond acceptors (Lipinski definition) is 4. The van der Waals surface area contributed by atoms with Gasteiger partial charge in [-0.1, -0.05) is 18.2 Å². The van der Waals surface area contributed by atoms with Crippen LogP contribution < -0.4 is 5.43 Å². The summed E-state index contributed by atoms with van der Waals surface area (Å²) in [5.41, 5.74) is 1.40. The molecule has 3 aromatic carbocycles. The molecule has 1 aliphatic rings. The van der Waals surface area contributed by atoms with Gasteiger partial charge in [0, 0.05) is 11.6 Å². The molecule has 3 aromatic rings. The number of benzene rings is 3. The van der Waals surface area contributed by atoms with E-state index >= 15 is 0 Å². The van der Waals surface area contributed by atoms with E-state index in [-0.39, 0.29) is 28.0 Å². The Morgan fingerprint density at radius 2 is 1.82 bits per heavy atom. The van der Waals surface area contributed by atoms with E-state index in [0.717, 1.165) is 47.1 Å². The number of hydrazine groups is 1. The van der Waals surface area contributed by atoms with Gasteiger partial charge in [-0.15, -0.1) is 11.8 Å².